The molecular formula is C19H19F2NO4. The molecule has 5 nitrogen and oxygen atoms in total. The molecule has 0 heterocycles. The molecule has 0 aliphatic heterocycles. The highest BCUT2D eigenvalue weighted by Gasteiger charge is 2.30. The van der Waals surface area contributed by atoms with Gasteiger partial charge in [-0.1, -0.05) is 30.3 Å². The molecule has 2 rings (SSSR count). The normalized spacial score (nSPS) is 12.3. The minimum Gasteiger partial charge on any atom is -0.481 e. The van der Waals surface area contributed by atoms with Crippen molar-refractivity contribution in [3.05, 3.63) is 65.7 Å². The summed E-state index contributed by atoms with van der Waals surface area (Å²) in [5, 5.41) is 11.7. The van der Waals surface area contributed by atoms with E-state index >= 15 is 0 Å². The van der Waals surface area contributed by atoms with E-state index < -0.39 is 35.0 Å². The van der Waals surface area contributed by atoms with Crippen molar-refractivity contribution in [2.75, 3.05) is 6.54 Å². The molecule has 2 N–H and O–H groups in total. The lowest BCUT2D eigenvalue weighted by Crippen LogP contribution is -2.41. The van der Waals surface area contributed by atoms with Gasteiger partial charge in [0.15, 0.2) is 11.6 Å². The molecule has 1 amide bonds. The van der Waals surface area contributed by atoms with Crippen LogP contribution in [0.15, 0.2) is 48.5 Å². The first-order valence-corrected chi connectivity index (χ1v) is 7.88. The van der Waals surface area contributed by atoms with E-state index in [-0.39, 0.29) is 12.3 Å². The van der Waals surface area contributed by atoms with Crippen molar-refractivity contribution in [2.24, 2.45) is 5.41 Å². The van der Waals surface area contributed by atoms with Crippen molar-refractivity contribution in [1.29, 1.82) is 0 Å². The number of nitrogens with one attached hydrogen (secondary N) is 1. The molecule has 0 saturated heterocycles. The zero-order valence-corrected chi connectivity index (χ0v) is 14.3. The second kappa shape index (κ2) is 7.95. The van der Waals surface area contributed by atoms with Gasteiger partial charge < -0.3 is 15.2 Å². The molecule has 26 heavy (non-hydrogen) atoms. The maximum atomic E-state index is 13.4. The van der Waals surface area contributed by atoms with Crippen LogP contribution >= 0.6 is 0 Å². The fourth-order valence-electron chi connectivity index (χ4n) is 2.06. The van der Waals surface area contributed by atoms with E-state index in [1.165, 1.54) is 19.9 Å². The summed E-state index contributed by atoms with van der Waals surface area (Å²) in [5.74, 6) is -3.79. The Labute approximate surface area is 149 Å². The van der Waals surface area contributed by atoms with E-state index in [1.54, 1.807) is 30.3 Å². The molecule has 0 aliphatic rings. The van der Waals surface area contributed by atoms with Crippen molar-refractivity contribution in [3.63, 3.8) is 0 Å². The number of benzene rings is 2. The van der Waals surface area contributed by atoms with Crippen LogP contribution in [0.2, 0.25) is 0 Å². The average molecular weight is 363 g/mol. The van der Waals surface area contributed by atoms with Crippen LogP contribution in [0.3, 0.4) is 0 Å². The van der Waals surface area contributed by atoms with Crippen LogP contribution in [0.25, 0.3) is 0 Å². The fraction of sp³-hybridized carbons (Fsp3) is 0.263. The molecule has 2 aromatic rings. The number of hydrogen-bond donors (Lipinski definition) is 2. The second-order valence-electron chi connectivity index (χ2n) is 6.39. The van der Waals surface area contributed by atoms with Crippen LogP contribution in [0.4, 0.5) is 8.78 Å². The summed E-state index contributed by atoms with van der Waals surface area (Å²) < 4.78 is 32.0. The van der Waals surface area contributed by atoms with Gasteiger partial charge in [-0.2, -0.15) is 0 Å². The standard InChI is InChI=1S/C19H19F2NO4/c1-19(2,18(24)25)11-22-17(23)16(12-6-4-3-5-7-12)26-13-8-9-14(20)15(21)10-13/h3-10,16H,11H2,1-2H3,(H,22,23)(H,24,25). The molecule has 1 unspecified atom stereocenters. The zero-order valence-electron chi connectivity index (χ0n) is 14.3. The number of halogens is 2. The molecule has 138 valence electrons. The van der Waals surface area contributed by atoms with Crippen LogP contribution in [0, 0.1) is 17.0 Å². The summed E-state index contributed by atoms with van der Waals surface area (Å²) in [6.07, 6.45) is -1.15. The van der Waals surface area contributed by atoms with E-state index in [1.807, 2.05) is 0 Å². The van der Waals surface area contributed by atoms with Gasteiger partial charge in [0, 0.05) is 18.2 Å². The second-order valence-corrected chi connectivity index (χ2v) is 6.39. The van der Waals surface area contributed by atoms with Crippen molar-refractivity contribution >= 4 is 11.9 Å². The van der Waals surface area contributed by atoms with Gasteiger partial charge in [-0.05, 0) is 26.0 Å². The maximum absolute atomic E-state index is 13.4. The van der Waals surface area contributed by atoms with Gasteiger partial charge >= 0.3 is 5.97 Å². The summed E-state index contributed by atoms with van der Waals surface area (Å²) in [6.45, 7) is 2.83. The number of carboxylic acids is 1. The third-order valence-corrected chi connectivity index (χ3v) is 3.77. The number of ether oxygens (including phenoxy) is 1. The highest BCUT2D eigenvalue weighted by atomic mass is 19.2. The molecule has 0 spiro atoms. The van der Waals surface area contributed by atoms with E-state index in [4.69, 9.17) is 9.84 Å². The van der Waals surface area contributed by atoms with Gasteiger partial charge in [0.1, 0.15) is 5.75 Å². The van der Waals surface area contributed by atoms with E-state index in [2.05, 4.69) is 5.32 Å². The minimum atomic E-state index is -1.17. The lowest BCUT2D eigenvalue weighted by molar-refractivity contribution is -0.147. The van der Waals surface area contributed by atoms with E-state index in [0.29, 0.717) is 5.56 Å². The first-order chi connectivity index (χ1) is 12.2. The SMILES string of the molecule is CC(C)(CNC(=O)C(Oc1ccc(F)c(F)c1)c1ccccc1)C(=O)O. The average Bonchev–Trinajstić information content (AvgIpc) is 2.61. The molecule has 0 fully saturated rings. The Morgan fingerprint density at radius 2 is 1.77 bits per heavy atom. The minimum absolute atomic E-state index is 0.0228. The molecule has 0 saturated carbocycles. The number of carbonyl (C=O) groups excluding carboxylic acids is 1. The first-order valence-electron chi connectivity index (χ1n) is 7.88. The molecule has 0 radical (unpaired) electrons. The maximum Gasteiger partial charge on any atom is 0.310 e. The zero-order chi connectivity index (χ0) is 19.3. The Bertz CT molecular complexity index is 793. The lowest BCUT2D eigenvalue weighted by atomic mass is 9.93. The van der Waals surface area contributed by atoms with Crippen molar-refractivity contribution < 1.29 is 28.2 Å². The monoisotopic (exact) mass is 363 g/mol. The molecule has 0 bridgehead atoms. The highest BCUT2D eigenvalue weighted by molar-refractivity contribution is 5.83. The predicted molar refractivity (Wildman–Crippen MR) is 90.6 cm³/mol. The van der Waals surface area contributed by atoms with Gasteiger partial charge in [-0.25, -0.2) is 8.78 Å². The van der Waals surface area contributed by atoms with Crippen molar-refractivity contribution in [2.45, 2.75) is 20.0 Å². The lowest BCUT2D eigenvalue weighted by Gasteiger charge is -2.23. The summed E-state index contributed by atoms with van der Waals surface area (Å²) in [7, 11) is 0. The smallest absolute Gasteiger partial charge is 0.310 e. The number of aliphatic carboxylic acids is 1. The van der Waals surface area contributed by atoms with Gasteiger partial charge in [-0.3, -0.25) is 9.59 Å². The Morgan fingerprint density at radius 1 is 1.12 bits per heavy atom. The van der Waals surface area contributed by atoms with Crippen LogP contribution in [0.1, 0.15) is 25.5 Å². The number of amides is 1. The molecule has 0 aromatic heterocycles. The molecular weight excluding hydrogens is 344 g/mol. The van der Waals surface area contributed by atoms with E-state index in [9.17, 15) is 18.4 Å². The Balaban J connectivity index is 2.22. The van der Waals surface area contributed by atoms with E-state index in [0.717, 1.165) is 12.1 Å². The fourth-order valence-corrected chi connectivity index (χ4v) is 2.06. The van der Waals surface area contributed by atoms with Crippen LogP contribution in [-0.2, 0) is 9.59 Å². The van der Waals surface area contributed by atoms with Crippen LogP contribution in [-0.4, -0.2) is 23.5 Å². The highest BCUT2D eigenvalue weighted by Crippen LogP contribution is 2.24. The van der Waals surface area contributed by atoms with Gasteiger partial charge in [-0.15, -0.1) is 0 Å². The van der Waals surface area contributed by atoms with Gasteiger partial charge in [0.05, 0.1) is 5.41 Å². The molecule has 7 heteroatoms. The van der Waals surface area contributed by atoms with Crippen molar-refractivity contribution in [1.82, 2.24) is 5.32 Å². The van der Waals surface area contributed by atoms with Crippen molar-refractivity contribution in [3.8, 4) is 5.75 Å². The van der Waals surface area contributed by atoms with Gasteiger partial charge in [0.25, 0.3) is 5.91 Å². The number of rotatable bonds is 7. The summed E-state index contributed by atoms with van der Waals surface area (Å²) in [5.41, 5.74) is -0.679. The summed E-state index contributed by atoms with van der Waals surface area (Å²) in [4.78, 5) is 23.7. The Hall–Kier alpha value is -2.96. The third-order valence-electron chi connectivity index (χ3n) is 3.77. The predicted octanol–water partition coefficient (Wildman–Crippen LogP) is 3.31. The quantitative estimate of drug-likeness (QED) is 0.791. The van der Waals surface area contributed by atoms with Crippen LogP contribution in [0.5, 0.6) is 5.75 Å². The summed E-state index contributed by atoms with van der Waals surface area (Å²) >= 11 is 0. The number of hydrogen-bond acceptors (Lipinski definition) is 3. The molecule has 1 atom stereocenters. The topological polar surface area (TPSA) is 75.6 Å². The number of carboxylic acid groups (broad SMARTS) is 1. The molecule has 2 aromatic carbocycles. The number of carbonyl (C=O) groups is 2. The summed E-state index contributed by atoms with van der Waals surface area (Å²) in [6, 6.07) is 11.4. The third kappa shape index (κ3) is 4.78. The largest absolute Gasteiger partial charge is 0.481 e. The Morgan fingerprint density at radius 3 is 2.35 bits per heavy atom. The van der Waals surface area contributed by atoms with Crippen LogP contribution < -0.4 is 10.1 Å². The van der Waals surface area contributed by atoms with Gasteiger partial charge in [0.2, 0.25) is 6.10 Å². The Kier molecular flexibility index (Phi) is 5.92. The first kappa shape index (κ1) is 19.4. The molecule has 0 aliphatic carbocycles.